The lowest BCUT2D eigenvalue weighted by Crippen LogP contribution is -2.54. The number of carbonyl (C=O) groups excluding carboxylic acids is 1. The van der Waals surface area contributed by atoms with Crippen molar-refractivity contribution in [2.75, 3.05) is 5.75 Å². The third-order valence-corrected chi connectivity index (χ3v) is 6.50. The summed E-state index contributed by atoms with van der Waals surface area (Å²) in [5.74, 6) is 0.427. The van der Waals surface area contributed by atoms with Gasteiger partial charge in [-0.05, 0) is 32.3 Å². The first kappa shape index (κ1) is 19.1. The molecule has 1 saturated heterocycles. The van der Waals surface area contributed by atoms with Crippen LogP contribution in [-0.4, -0.2) is 45.0 Å². The summed E-state index contributed by atoms with van der Waals surface area (Å²) in [5.41, 5.74) is 9.43. The number of thioether (sulfide) groups is 1. The molecule has 7 nitrogen and oxygen atoms in total. The Balaban J connectivity index is 1.36. The van der Waals surface area contributed by atoms with Crippen LogP contribution in [0.15, 0.2) is 41.8 Å². The second kappa shape index (κ2) is 8.05. The van der Waals surface area contributed by atoms with Gasteiger partial charge >= 0.3 is 0 Å². The molecule has 4 unspecified atom stereocenters. The van der Waals surface area contributed by atoms with E-state index in [1.807, 2.05) is 13.1 Å². The predicted molar refractivity (Wildman–Crippen MR) is 113 cm³/mol. The maximum Gasteiger partial charge on any atom is 0.230 e. The number of rotatable bonds is 5. The first-order valence-electron chi connectivity index (χ1n) is 9.88. The van der Waals surface area contributed by atoms with Crippen molar-refractivity contribution in [1.29, 1.82) is 0 Å². The highest BCUT2D eigenvalue weighted by atomic mass is 32.2. The molecule has 3 heterocycles. The van der Waals surface area contributed by atoms with Gasteiger partial charge in [-0.2, -0.15) is 5.10 Å². The number of aryl methyl sites for hydroxylation is 1. The van der Waals surface area contributed by atoms with Crippen molar-refractivity contribution in [3.8, 4) is 0 Å². The first-order chi connectivity index (χ1) is 13.5. The summed E-state index contributed by atoms with van der Waals surface area (Å²) in [5, 5.41) is 10.5. The third-order valence-electron chi connectivity index (χ3n) is 5.54. The fourth-order valence-electron chi connectivity index (χ4n) is 3.71. The number of nitrogens with zero attached hydrogens (tertiary/aromatic N) is 3. The molecule has 0 spiro atoms. The van der Waals surface area contributed by atoms with Crippen molar-refractivity contribution in [2.45, 2.75) is 57.9 Å². The highest BCUT2D eigenvalue weighted by Gasteiger charge is 2.44. The molecule has 1 amide bonds. The van der Waals surface area contributed by atoms with Crippen LogP contribution in [0.3, 0.4) is 0 Å². The fraction of sp³-hybridized carbons (Fsp3) is 0.500. The summed E-state index contributed by atoms with van der Waals surface area (Å²) in [7, 11) is 0. The molecule has 3 aliphatic heterocycles. The number of carbonyl (C=O) groups is 1. The molecular formula is C20H28N6OS. The van der Waals surface area contributed by atoms with E-state index in [0.717, 1.165) is 18.0 Å². The Morgan fingerprint density at radius 3 is 2.89 bits per heavy atom. The number of hydrogen-bond donors (Lipinski definition) is 3. The average Bonchev–Trinajstić information content (AvgIpc) is 3.30. The molecule has 0 radical (unpaired) electrons. The molecule has 150 valence electrons. The van der Waals surface area contributed by atoms with E-state index in [-0.39, 0.29) is 30.2 Å². The minimum atomic E-state index is 0.0510. The van der Waals surface area contributed by atoms with Gasteiger partial charge in [0.25, 0.3) is 0 Å². The number of amides is 1. The van der Waals surface area contributed by atoms with Gasteiger partial charge in [0.15, 0.2) is 5.17 Å². The van der Waals surface area contributed by atoms with Gasteiger partial charge < -0.3 is 15.2 Å². The SMILES string of the molecule is CCC(C)NC(=O)CSC1=NNC2C3CC(c4ccc(C)cc4)NN3C=CN12. The highest BCUT2D eigenvalue weighted by Crippen LogP contribution is 2.35. The van der Waals surface area contributed by atoms with Crippen LogP contribution in [0.5, 0.6) is 0 Å². The van der Waals surface area contributed by atoms with Crippen LogP contribution < -0.4 is 16.2 Å². The van der Waals surface area contributed by atoms with E-state index in [0.29, 0.717) is 5.75 Å². The Labute approximate surface area is 170 Å². The Hall–Kier alpha value is -2.19. The van der Waals surface area contributed by atoms with Crippen molar-refractivity contribution in [1.82, 2.24) is 26.1 Å². The van der Waals surface area contributed by atoms with E-state index in [1.54, 1.807) is 0 Å². The zero-order valence-corrected chi connectivity index (χ0v) is 17.4. The molecule has 0 bridgehead atoms. The molecule has 3 aliphatic rings. The number of nitrogens with one attached hydrogen (secondary N) is 3. The van der Waals surface area contributed by atoms with Gasteiger partial charge in [-0.15, -0.1) is 0 Å². The van der Waals surface area contributed by atoms with Crippen molar-refractivity contribution in [3.63, 3.8) is 0 Å². The highest BCUT2D eigenvalue weighted by molar-refractivity contribution is 8.14. The van der Waals surface area contributed by atoms with Crippen molar-refractivity contribution < 1.29 is 4.79 Å². The maximum absolute atomic E-state index is 12.1. The molecule has 1 fully saturated rings. The summed E-state index contributed by atoms with van der Waals surface area (Å²) in [6.07, 6.45) is 6.10. The zero-order valence-electron chi connectivity index (χ0n) is 16.6. The summed E-state index contributed by atoms with van der Waals surface area (Å²) in [6.45, 7) is 6.20. The second-order valence-electron chi connectivity index (χ2n) is 7.64. The maximum atomic E-state index is 12.1. The first-order valence-corrected chi connectivity index (χ1v) is 10.9. The molecule has 4 atom stereocenters. The number of hydrogen-bond acceptors (Lipinski definition) is 7. The van der Waals surface area contributed by atoms with Gasteiger partial charge in [0, 0.05) is 18.4 Å². The Kier molecular flexibility index (Phi) is 5.50. The topological polar surface area (TPSA) is 72.0 Å². The zero-order chi connectivity index (χ0) is 19.7. The van der Waals surface area contributed by atoms with Gasteiger partial charge in [-0.3, -0.25) is 10.2 Å². The van der Waals surface area contributed by atoms with E-state index in [9.17, 15) is 4.79 Å². The number of hydrazine groups is 1. The Morgan fingerprint density at radius 2 is 2.14 bits per heavy atom. The van der Waals surface area contributed by atoms with E-state index < -0.39 is 0 Å². The van der Waals surface area contributed by atoms with Crippen molar-refractivity contribution in [2.24, 2.45) is 5.10 Å². The molecule has 8 heteroatoms. The monoisotopic (exact) mass is 400 g/mol. The van der Waals surface area contributed by atoms with Crippen molar-refractivity contribution >= 4 is 22.8 Å². The van der Waals surface area contributed by atoms with Crippen LogP contribution in [0.2, 0.25) is 0 Å². The second-order valence-corrected chi connectivity index (χ2v) is 8.58. The summed E-state index contributed by atoms with van der Waals surface area (Å²) in [4.78, 5) is 14.2. The molecule has 4 rings (SSSR count). The van der Waals surface area contributed by atoms with Crippen LogP contribution in [0.25, 0.3) is 0 Å². The van der Waals surface area contributed by atoms with Crippen molar-refractivity contribution in [3.05, 3.63) is 47.8 Å². The molecule has 1 aromatic carbocycles. The number of hydrazone groups is 1. The molecule has 0 saturated carbocycles. The largest absolute Gasteiger partial charge is 0.353 e. The summed E-state index contributed by atoms with van der Waals surface area (Å²) >= 11 is 1.47. The van der Waals surface area contributed by atoms with E-state index in [2.05, 4.69) is 75.5 Å². The molecule has 0 aliphatic carbocycles. The number of benzene rings is 1. The molecule has 0 aromatic heterocycles. The van der Waals surface area contributed by atoms with Gasteiger partial charge in [-0.1, -0.05) is 48.5 Å². The van der Waals surface area contributed by atoms with E-state index in [1.165, 1.54) is 22.9 Å². The van der Waals surface area contributed by atoms with Gasteiger partial charge in [0.05, 0.1) is 17.8 Å². The fourth-order valence-corrected chi connectivity index (χ4v) is 4.50. The average molecular weight is 401 g/mol. The number of fused-ring (bicyclic) bond motifs is 3. The molecule has 28 heavy (non-hydrogen) atoms. The molecule has 1 aromatic rings. The van der Waals surface area contributed by atoms with Crippen LogP contribution >= 0.6 is 11.8 Å². The lowest BCUT2D eigenvalue weighted by Gasteiger charge is -2.36. The predicted octanol–water partition coefficient (Wildman–Crippen LogP) is 2.25. The third kappa shape index (κ3) is 3.84. The lowest BCUT2D eigenvalue weighted by molar-refractivity contribution is -0.119. The summed E-state index contributed by atoms with van der Waals surface area (Å²) < 4.78 is 0. The standard InChI is InChI=1S/C20H28N6OS/c1-4-14(3)21-18(27)12-28-20-23-22-19-17-11-16(15-7-5-13(2)6-8-15)24-26(17)10-9-25(19)20/h5-10,14,16-17,19,22,24H,4,11-12H2,1-3H3,(H,21,27). The summed E-state index contributed by atoms with van der Waals surface area (Å²) in [6, 6.07) is 9.48. The van der Waals surface area contributed by atoms with Crippen LogP contribution in [-0.2, 0) is 4.79 Å². The molecule has 3 N–H and O–H groups in total. The number of amidine groups is 1. The minimum Gasteiger partial charge on any atom is -0.353 e. The van der Waals surface area contributed by atoms with Gasteiger partial charge in [-0.25, -0.2) is 5.43 Å². The van der Waals surface area contributed by atoms with Crippen LogP contribution in [0, 0.1) is 6.92 Å². The van der Waals surface area contributed by atoms with Crippen LogP contribution in [0.1, 0.15) is 43.9 Å². The molecular weight excluding hydrogens is 372 g/mol. The van der Waals surface area contributed by atoms with Gasteiger partial charge in [0.2, 0.25) is 5.91 Å². The Morgan fingerprint density at radius 1 is 1.36 bits per heavy atom. The quantitative estimate of drug-likeness (QED) is 0.704. The van der Waals surface area contributed by atoms with Crippen LogP contribution in [0.4, 0.5) is 0 Å². The Bertz CT molecular complexity index is 779. The lowest BCUT2D eigenvalue weighted by atomic mass is 9.99. The van der Waals surface area contributed by atoms with E-state index >= 15 is 0 Å². The van der Waals surface area contributed by atoms with E-state index in [4.69, 9.17) is 0 Å². The minimum absolute atomic E-state index is 0.0510. The smallest absolute Gasteiger partial charge is 0.230 e. The van der Waals surface area contributed by atoms with Gasteiger partial charge in [0.1, 0.15) is 6.17 Å². The normalized spacial score (nSPS) is 26.4.